The van der Waals surface area contributed by atoms with E-state index in [2.05, 4.69) is 16.5 Å². The van der Waals surface area contributed by atoms with Gasteiger partial charge in [0, 0.05) is 0 Å². The molecule has 7 heteroatoms. The van der Waals surface area contributed by atoms with Crippen molar-refractivity contribution in [2.45, 2.75) is 5.03 Å². The maximum Gasteiger partial charge on any atom is 0.266 e. The predicted molar refractivity (Wildman–Crippen MR) is 92.3 cm³/mol. The van der Waals surface area contributed by atoms with Gasteiger partial charge in [0.05, 0.1) is 10.6 Å². The van der Waals surface area contributed by atoms with Gasteiger partial charge in [-0.1, -0.05) is 24.3 Å². The third kappa shape index (κ3) is 2.99. The van der Waals surface area contributed by atoms with Gasteiger partial charge in [0.1, 0.15) is 16.7 Å². The standard InChI is InChI=1S/C16H12N4OS2/c1-22-16-12(10-17)14(18-15(21)13-8-5-9-23-13)19-20(16)11-6-3-2-4-7-11/h2-9H,1H3,(H,18,19,21). The Morgan fingerprint density at radius 3 is 2.70 bits per heavy atom. The van der Waals surface area contributed by atoms with Crippen LogP contribution in [0.4, 0.5) is 5.82 Å². The smallest absolute Gasteiger partial charge is 0.266 e. The Morgan fingerprint density at radius 2 is 2.09 bits per heavy atom. The first-order valence-electron chi connectivity index (χ1n) is 6.72. The van der Waals surface area contributed by atoms with Crippen molar-refractivity contribution in [3.8, 4) is 11.8 Å². The summed E-state index contributed by atoms with van der Waals surface area (Å²) in [5, 5.41) is 19.1. The van der Waals surface area contributed by atoms with Crippen molar-refractivity contribution in [1.29, 1.82) is 5.26 Å². The van der Waals surface area contributed by atoms with E-state index in [9.17, 15) is 10.1 Å². The minimum Gasteiger partial charge on any atom is -0.303 e. The highest BCUT2D eigenvalue weighted by Gasteiger charge is 2.20. The molecule has 1 amide bonds. The number of aromatic nitrogens is 2. The van der Waals surface area contributed by atoms with Crippen molar-refractivity contribution in [3.05, 3.63) is 58.3 Å². The maximum atomic E-state index is 12.2. The average molecular weight is 340 g/mol. The summed E-state index contributed by atoms with van der Waals surface area (Å²) in [5.74, 6) is 0.0148. The molecule has 0 fully saturated rings. The lowest BCUT2D eigenvalue weighted by Gasteiger charge is -2.04. The molecule has 0 bridgehead atoms. The summed E-state index contributed by atoms with van der Waals surface area (Å²) in [6, 6.07) is 15.2. The van der Waals surface area contributed by atoms with Crippen LogP contribution in [0.5, 0.6) is 0 Å². The highest BCUT2D eigenvalue weighted by atomic mass is 32.2. The number of nitrogens with zero attached hydrogens (tertiary/aromatic N) is 3. The fraction of sp³-hybridized carbons (Fsp3) is 0.0625. The van der Waals surface area contributed by atoms with Gasteiger partial charge in [-0.2, -0.15) is 5.26 Å². The SMILES string of the molecule is CSc1c(C#N)c(NC(=O)c2cccs2)nn1-c1ccccc1. The summed E-state index contributed by atoms with van der Waals surface area (Å²) in [5.41, 5.74) is 1.20. The third-order valence-corrected chi connectivity index (χ3v) is 4.76. The van der Waals surface area contributed by atoms with Gasteiger partial charge in [-0.15, -0.1) is 28.2 Å². The van der Waals surface area contributed by atoms with Crippen LogP contribution in [0.2, 0.25) is 0 Å². The molecule has 23 heavy (non-hydrogen) atoms. The van der Waals surface area contributed by atoms with Crippen LogP contribution in [0, 0.1) is 11.3 Å². The van der Waals surface area contributed by atoms with Crippen LogP contribution in [-0.2, 0) is 0 Å². The number of carbonyl (C=O) groups excluding carboxylic acids is 1. The van der Waals surface area contributed by atoms with Gasteiger partial charge in [-0.05, 0) is 29.8 Å². The normalized spacial score (nSPS) is 10.3. The van der Waals surface area contributed by atoms with E-state index in [1.54, 1.807) is 16.8 Å². The van der Waals surface area contributed by atoms with Crippen LogP contribution < -0.4 is 5.32 Å². The molecule has 114 valence electrons. The number of hydrogen-bond donors (Lipinski definition) is 1. The topological polar surface area (TPSA) is 70.7 Å². The predicted octanol–water partition coefficient (Wildman–Crippen LogP) is 3.78. The van der Waals surface area contributed by atoms with E-state index < -0.39 is 0 Å². The van der Waals surface area contributed by atoms with Crippen LogP contribution in [-0.4, -0.2) is 21.9 Å². The first-order chi connectivity index (χ1) is 11.2. The molecule has 3 aromatic rings. The fourth-order valence-corrected chi connectivity index (χ4v) is 3.39. The molecule has 0 atom stereocenters. The van der Waals surface area contributed by atoms with Crippen LogP contribution in [0.3, 0.4) is 0 Å². The summed E-state index contributed by atoms with van der Waals surface area (Å²) in [6.45, 7) is 0. The summed E-state index contributed by atoms with van der Waals surface area (Å²) >= 11 is 2.76. The zero-order chi connectivity index (χ0) is 16.2. The minimum atomic E-state index is -0.262. The molecule has 0 aliphatic rings. The highest BCUT2D eigenvalue weighted by Crippen LogP contribution is 2.29. The first-order valence-corrected chi connectivity index (χ1v) is 8.82. The minimum absolute atomic E-state index is 0.262. The molecule has 1 N–H and O–H groups in total. The van der Waals surface area contributed by atoms with Crippen molar-refractivity contribution in [2.75, 3.05) is 11.6 Å². The molecule has 0 aliphatic carbocycles. The second-order valence-corrected chi connectivity index (χ2v) is 6.27. The summed E-state index contributed by atoms with van der Waals surface area (Å²) in [7, 11) is 0. The van der Waals surface area contributed by atoms with Gasteiger partial charge in [-0.3, -0.25) is 4.79 Å². The number of rotatable bonds is 4. The van der Waals surface area contributed by atoms with Gasteiger partial charge < -0.3 is 5.32 Å². The molecule has 2 aromatic heterocycles. The van der Waals surface area contributed by atoms with E-state index in [1.807, 2.05) is 42.0 Å². The highest BCUT2D eigenvalue weighted by molar-refractivity contribution is 7.98. The lowest BCUT2D eigenvalue weighted by Crippen LogP contribution is -2.11. The molecule has 0 saturated carbocycles. The third-order valence-electron chi connectivity index (χ3n) is 3.13. The Labute approximate surface area is 141 Å². The van der Waals surface area contributed by atoms with Crippen molar-refractivity contribution in [2.24, 2.45) is 0 Å². The Morgan fingerprint density at radius 1 is 1.30 bits per heavy atom. The summed E-state index contributed by atoms with van der Waals surface area (Å²) in [4.78, 5) is 12.8. The second-order valence-electron chi connectivity index (χ2n) is 4.52. The lowest BCUT2D eigenvalue weighted by molar-refractivity contribution is 0.103. The Hall–Kier alpha value is -2.56. The Kier molecular flexibility index (Phi) is 4.46. The number of benzene rings is 1. The van der Waals surface area contributed by atoms with E-state index in [0.29, 0.717) is 15.5 Å². The van der Waals surface area contributed by atoms with E-state index in [0.717, 1.165) is 5.69 Å². The Balaban J connectivity index is 2.03. The molecular weight excluding hydrogens is 328 g/mol. The molecule has 0 saturated heterocycles. The van der Waals surface area contributed by atoms with E-state index in [4.69, 9.17) is 0 Å². The Bertz CT molecular complexity index is 864. The number of carbonyl (C=O) groups is 1. The van der Waals surface area contributed by atoms with Gasteiger partial charge in [0.25, 0.3) is 5.91 Å². The molecule has 0 aliphatic heterocycles. The second kappa shape index (κ2) is 6.69. The van der Waals surface area contributed by atoms with Crippen LogP contribution in [0.15, 0.2) is 52.9 Å². The van der Waals surface area contributed by atoms with Crippen LogP contribution in [0.25, 0.3) is 5.69 Å². The lowest BCUT2D eigenvalue weighted by atomic mass is 10.3. The van der Waals surface area contributed by atoms with Crippen molar-refractivity contribution >= 4 is 34.8 Å². The van der Waals surface area contributed by atoms with Crippen molar-refractivity contribution < 1.29 is 4.79 Å². The van der Waals surface area contributed by atoms with Gasteiger partial charge >= 0.3 is 0 Å². The van der Waals surface area contributed by atoms with Crippen molar-refractivity contribution in [1.82, 2.24) is 9.78 Å². The number of hydrogen-bond acceptors (Lipinski definition) is 5. The zero-order valence-corrected chi connectivity index (χ0v) is 13.8. The number of nitriles is 1. The van der Waals surface area contributed by atoms with E-state index in [-0.39, 0.29) is 11.7 Å². The quantitative estimate of drug-likeness (QED) is 0.734. The molecule has 2 heterocycles. The largest absolute Gasteiger partial charge is 0.303 e. The van der Waals surface area contributed by atoms with Crippen LogP contribution >= 0.6 is 23.1 Å². The number of thioether (sulfide) groups is 1. The maximum absolute atomic E-state index is 12.2. The first kappa shape index (κ1) is 15.3. The van der Waals surface area contributed by atoms with Gasteiger partial charge in [0.15, 0.2) is 5.82 Å². The van der Waals surface area contributed by atoms with Crippen LogP contribution in [0.1, 0.15) is 15.2 Å². The number of nitrogens with one attached hydrogen (secondary N) is 1. The molecule has 3 rings (SSSR count). The molecule has 0 spiro atoms. The zero-order valence-electron chi connectivity index (χ0n) is 12.2. The molecule has 5 nitrogen and oxygen atoms in total. The molecule has 0 unspecified atom stereocenters. The van der Waals surface area contributed by atoms with E-state index in [1.165, 1.54) is 23.1 Å². The summed E-state index contributed by atoms with van der Waals surface area (Å²) in [6.07, 6.45) is 1.88. The summed E-state index contributed by atoms with van der Waals surface area (Å²) < 4.78 is 1.67. The van der Waals surface area contributed by atoms with Crippen molar-refractivity contribution in [3.63, 3.8) is 0 Å². The monoisotopic (exact) mass is 340 g/mol. The molecular formula is C16H12N4OS2. The van der Waals surface area contributed by atoms with E-state index >= 15 is 0 Å². The number of anilines is 1. The number of thiophene rings is 1. The van der Waals surface area contributed by atoms with Gasteiger partial charge in [-0.25, -0.2) is 4.68 Å². The molecule has 1 aromatic carbocycles. The number of para-hydroxylation sites is 1. The number of amides is 1. The fourth-order valence-electron chi connectivity index (χ4n) is 2.10. The molecule has 0 radical (unpaired) electrons. The average Bonchev–Trinajstić information content (AvgIpc) is 3.23. The van der Waals surface area contributed by atoms with Gasteiger partial charge in [0.2, 0.25) is 0 Å².